The largest absolute Gasteiger partial charge is 0.383 e. The predicted octanol–water partition coefficient (Wildman–Crippen LogP) is 3.44. The third-order valence-electron chi connectivity index (χ3n) is 4.00. The number of nitrogens with zero attached hydrogens (tertiary/aromatic N) is 2. The van der Waals surface area contributed by atoms with Crippen LogP contribution in [0.1, 0.15) is 24.8 Å². The maximum Gasteiger partial charge on any atom is 0.264 e. The Morgan fingerprint density at radius 3 is 2.60 bits per heavy atom. The lowest BCUT2D eigenvalue weighted by atomic mass is 10.1. The van der Waals surface area contributed by atoms with E-state index in [2.05, 4.69) is 15.3 Å². The first kappa shape index (κ1) is 18.0. The van der Waals surface area contributed by atoms with Crippen molar-refractivity contribution in [1.29, 1.82) is 0 Å². The minimum atomic E-state index is -0.370. The Balaban J connectivity index is 1.84. The van der Waals surface area contributed by atoms with Gasteiger partial charge in [0.2, 0.25) is 5.95 Å². The van der Waals surface area contributed by atoms with Crippen LogP contribution in [0.25, 0.3) is 0 Å². The number of thiocarbonyl (C=S) groups is 1. The molecule has 9 heteroatoms. The number of halogens is 2. The lowest BCUT2D eigenvalue weighted by Crippen LogP contribution is -2.34. The molecule has 0 spiro atoms. The van der Waals surface area contributed by atoms with Crippen LogP contribution < -0.4 is 21.5 Å². The number of nitrogen functional groups attached to an aromatic ring is 1. The van der Waals surface area contributed by atoms with E-state index in [9.17, 15) is 4.79 Å². The second-order valence-electron chi connectivity index (χ2n) is 5.78. The monoisotopic (exact) mass is 397 g/mol. The van der Waals surface area contributed by atoms with Crippen molar-refractivity contribution in [3.05, 3.63) is 44.2 Å². The molecule has 1 aromatic carbocycles. The van der Waals surface area contributed by atoms with Gasteiger partial charge in [-0.3, -0.25) is 9.78 Å². The lowest BCUT2D eigenvalue weighted by molar-refractivity contribution is 0.568. The van der Waals surface area contributed by atoms with Crippen LogP contribution in [-0.2, 0) is 0 Å². The SMILES string of the molecule is Nc1nc(N2CCCCC2)[nH]c(=O)c1C(=S)Nc1ccc(Cl)c(Cl)c1. The van der Waals surface area contributed by atoms with Crippen molar-refractivity contribution in [1.82, 2.24) is 9.97 Å². The number of benzene rings is 1. The van der Waals surface area contributed by atoms with Crippen LogP contribution in [0.15, 0.2) is 23.0 Å². The van der Waals surface area contributed by atoms with Crippen molar-refractivity contribution in [3.8, 4) is 0 Å². The lowest BCUT2D eigenvalue weighted by Gasteiger charge is -2.27. The fraction of sp³-hybridized carbons (Fsp3) is 0.312. The molecule has 0 amide bonds. The summed E-state index contributed by atoms with van der Waals surface area (Å²) in [6, 6.07) is 4.97. The molecular formula is C16H17Cl2N5OS. The van der Waals surface area contributed by atoms with Crippen molar-refractivity contribution < 1.29 is 0 Å². The summed E-state index contributed by atoms with van der Waals surface area (Å²) in [5.74, 6) is 0.588. The van der Waals surface area contributed by atoms with Gasteiger partial charge in [-0.25, -0.2) is 0 Å². The van der Waals surface area contributed by atoms with Crippen molar-refractivity contribution >= 4 is 57.9 Å². The number of H-pyrrole nitrogens is 1. The van der Waals surface area contributed by atoms with Gasteiger partial charge in [0.25, 0.3) is 5.56 Å². The molecule has 1 fully saturated rings. The number of anilines is 3. The van der Waals surface area contributed by atoms with Gasteiger partial charge in [-0.2, -0.15) is 4.98 Å². The first-order valence-corrected chi connectivity index (χ1v) is 9.03. The molecule has 0 unspecified atom stereocenters. The molecule has 6 nitrogen and oxygen atoms in total. The quantitative estimate of drug-likeness (QED) is 0.687. The van der Waals surface area contributed by atoms with Crippen molar-refractivity contribution in [2.45, 2.75) is 19.3 Å². The minimum absolute atomic E-state index is 0.0990. The topological polar surface area (TPSA) is 87.0 Å². The van der Waals surface area contributed by atoms with E-state index >= 15 is 0 Å². The highest BCUT2D eigenvalue weighted by molar-refractivity contribution is 7.81. The number of nitrogens with two attached hydrogens (primary N) is 1. The summed E-state index contributed by atoms with van der Waals surface area (Å²) in [7, 11) is 0. The van der Waals surface area contributed by atoms with E-state index in [1.807, 2.05) is 4.90 Å². The summed E-state index contributed by atoms with van der Waals surface area (Å²) >= 11 is 17.2. The molecule has 1 aromatic heterocycles. The van der Waals surface area contributed by atoms with Gasteiger partial charge in [0.05, 0.1) is 10.0 Å². The molecule has 0 atom stereocenters. The van der Waals surface area contributed by atoms with E-state index < -0.39 is 0 Å². The van der Waals surface area contributed by atoms with Gasteiger partial charge in [-0.05, 0) is 37.5 Å². The van der Waals surface area contributed by atoms with Crippen LogP contribution in [0, 0.1) is 0 Å². The van der Waals surface area contributed by atoms with E-state index in [-0.39, 0.29) is 21.9 Å². The number of aromatic nitrogens is 2. The number of rotatable bonds is 3. The van der Waals surface area contributed by atoms with Crippen molar-refractivity contribution in [2.24, 2.45) is 0 Å². The van der Waals surface area contributed by atoms with Crippen LogP contribution in [0.5, 0.6) is 0 Å². The molecule has 0 radical (unpaired) electrons. The molecule has 0 aliphatic carbocycles. The number of aromatic amines is 1. The zero-order valence-corrected chi connectivity index (χ0v) is 15.6. The number of nitrogens with one attached hydrogen (secondary N) is 2. The van der Waals surface area contributed by atoms with Gasteiger partial charge in [0.15, 0.2) is 0 Å². The zero-order chi connectivity index (χ0) is 18.0. The van der Waals surface area contributed by atoms with E-state index in [1.54, 1.807) is 18.2 Å². The summed E-state index contributed by atoms with van der Waals surface area (Å²) < 4.78 is 0. The molecular weight excluding hydrogens is 381 g/mol. The van der Waals surface area contributed by atoms with Crippen LogP contribution in [0.4, 0.5) is 17.5 Å². The molecule has 1 aliphatic heterocycles. The van der Waals surface area contributed by atoms with Crippen LogP contribution in [-0.4, -0.2) is 28.0 Å². The standard InChI is InChI=1S/C16H17Cl2N5OS/c17-10-5-4-9(8-11(10)18)20-15(25)12-13(19)21-16(22-14(12)24)23-6-2-1-3-7-23/h4-5,8H,1-3,6-7H2,(H,20,25)(H3,19,21,22,24). The molecule has 1 saturated heterocycles. The summed E-state index contributed by atoms with van der Waals surface area (Å²) in [6.45, 7) is 1.71. The Morgan fingerprint density at radius 1 is 1.24 bits per heavy atom. The van der Waals surface area contributed by atoms with Gasteiger partial charge in [0.1, 0.15) is 16.4 Å². The molecule has 2 aromatic rings. The van der Waals surface area contributed by atoms with E-state index in [4.69, 9.17) is 41.2 Å². The maximum absolute atomic E-state index is 12.5. The molecule has 25 heavy (non-hydrogen) atoms. The highest BCUT2D eigenvalue weighted by Crippen LogP contribution is 2.25. The van der Waals surface area contributed by atoms with Gasteiger partial charge >= 0.3 is 0 Å². The third-order valence-corrected chi connectivity index (χ3v) is 5.04. The highest BCUT2D eigenvalue weighted by atomic mass is 35.5. The molecule has 1 aliphatic rings. The molecule has 3 rings (SSSR count). The van der Waals surface area contributed by atoms with Gasteiger partial charge in [-0.15, -0.1) is 0 Å². The molecule has 2 heterocycles. The second kappa shape index (κ2) is 7.59. The Kier molecular flexibility index (Phi) is 5.46. The van der Waals surface area contributed by atoms with Gasteiger partial charge in [-0.1, -0.05) is 35.4 Å². The fourth-order valence-electron chi connectivity index (χ4n) is 2.72. The summed E-state index contributed by atoms with van der Waals surface area (Å²) in [5.41, 5.74) is 6.39. The number of hydrogen-bond acceptors (Lipinski definition) is 5. The Hall–Kier alpha value is -1.83. The average molecular weight is 398 g/mol. The Morgan fingerprint density at radius 2 is 1.96 bits per heavy atom. The summed E-state index contributed by atoms with van der Waals surface area (Å²) in [5, 5.41) is 3.76. The van der Waals surface area contributed by atoms with Crippen molar-refractivity contribution in [3.63, 3.8) is 0 Å². The van der Waals surface area contributed by atoms with Gasteiger partial charge < -0.3 is 16.0 Å². The first-order valence-electron chi connectivity index (χ1n) is 7.87. The number of piperidine rings is 1. The Bertz CT molecular complexity index is 864. The predicted molar refractivity (Wildman–Crippen MR) is 107 cm³/mol. The van der Waals surface area contributed by atoms with E-state index in [1.165, 1.54) is 6.42 Å². The molecule has 4 N–H and O–H groups in total. The second-order valence-corrected chi connectivity index (χ2v) is 7.00. The highest BCUT2D eigenvalue weighted by Gasteiger charge is 2.18. The van der Waals surface area contributed by atoms with Gasteiger partial charge in [0, 0.05) is 18.8 Å². The maximum atomic E-state index is 12.5. The molecule has 0 bridgehead atoms. The fourth-order valence-corrected chi connectivity index (χ4v) is 3.33. The Labute approximate surface area is 160 Å². The third kappa shape index (κ3) is 4.05. The first-order chi connectivity index (χ1) is 12.0. The van der Waals surface area contributed by atoms with E-state index in [0.717, 1.165) is 25.9 Å². The summed E-state index contributed by atoms with van der Waals surface area (Å²) in [6.07, 6.45) is 3.33. The number of hydrogen-bond donors (Lipinski definition) is 3. The van der Waals surface area contributed by atoms with E-state index in [0.29, 0.717) is 21.7 Å². The molecule has 0 saturated carbocycles. The van der Waals surface area contributed by atoms with Crippen LogP contribution in [0.2, 0.25) is 10.0 Å². The van der Waals surface area contributed by atoms with Crippen molar-refractivity contribution in [2.75, 3.05) is 29.0 Å². The minimum Gasteiger partial charge on any atom is -0.383 e. The summed E-state index contributed by atoms with van der Waals surface area (Å²) in [4.78, 5) is 21.8. The normalized spacial score (nSPS) is 14.4. The van der Waals surface area contributed by atoms with Crippen LogP contribution in [0.3, 0.4) is 0 Å². The smallest absolute Gasteiger partial charge is 0.264 e. The van der Waals surface area contributed by atoms with Crippen LogP contribution >= 0.6 is 35.4 Å². The zero-order valence-electron chi connectivity index (χ0n) is 13.3. The molecule has 132 valence electrons. The average Bonchev–Trinajstić information content (AvgIpc) is 2.58.